The summed E-state index contributed by atoms with van der Waals surface area (Å²) in [5, 5.41) is 10.6. The number of allylic oxidation sites excluding steroid dienone is 20. The lowest BCUT2D eigenvalue weighted by atomic mass is 10.0. The van der Waals surface area contributed by atoms with Crippen LogP contribution in [-0.4, -0.2) is 96.7 Å². The van der Waals surface area contributed by atoms with Crippen molar-refractivity contribution in [2.24, 2.45) is 0 Å². The topological polar surface area (TPSA) is 237 Å². The van der Waals surface area contributed by atoms with E-state index >= 15 is 0 Å². The largest absolute Gasteiger partial charge is 0.472 e. The summed E-state index contributed by atoms with van der Waals surface area (Å²) in [5.41, 5.74) is 0. The molecule has 586 valence electrons. The van der Waals surface area contributed by atoms with E-state index in [4.69, 9.17) is 37.0 Å². The molecular weight excluding hydrogens is 1330 g/mol. The van der Waals surface area contributed by atoms with Crippen LogP contribution in [0.25, 0.3) is 0 Å². The number of carbonyl (C=O) groups is 4. The minimum Gasteiger partial charge on any atom is -0.462 e. The van der Waals surface area contributed by atoms with Crippen molar-refractivity contribution < 1.29 is 80.2 Å². The standard InChI is InChI=1S/C83H142O17P2/c1-5-9-13-17-21-25-29-33-35-37-38-40-42-46-48-52-56-60-64-68-81(86)94-74-79(100-83(88)70-66-62-58-54-50-44-32-28-24-20-16-12-8-4)76-98-102(91,92)96-72-77(84)71-95-101(89,90)97-75-78(99-82(87)69-65-61-57-53-49-43-31-27-23-19-15-11-7-3)73-93-80(85)67-63-59-55-51-47-45-41-39-36-34-30-26-22-18-14-10-6-2/h9-10,13-14,21-22,25-26,28,32-36,38,40-41,45-46,48,77-79,84H,5-8,11-12,15-20,23-24,27,29-31,37,39,42-44,47,49-76H2,1-4H3,(H,89,90)(H,91,92)/b13-9-,14-10-,25-21-,26-22-,32-28-,35-33-,36-34-,40-38-,45-41-,48-46-. The van der Waals surface area contributed by atoms with E-state index in [0.717, 1.165) is 167 Å². The number of hydrogen-bond acceptors (Lipinski definition) is 15. The second-order valence-electron chi connectivity index (χ2n) is 26.2. The van der Waals surface area contributed by atoms with Crippen molar-refractivity contribution in [1.29, 1.82) is 0 Å². The predicted octanol–water partition coefficient (Wildman–Crippen LogP) is 23.1. The summed E-state index contributed by atoms with van der Waals surface area (Å²) in [5.74, 6) is -2.24. The van der Waals surface area contributed by atoms with E-state index in [1.54, 1.807) is 0 Å². The van der Waals surface area contributed by atoms with Gasteiger partial charge in [0.05, 0.1) is 26.4 Å². The second-order valence-corrected chi connectivity index (χ2v) is 29.2. The van der Waals surface area contributed by atoms with Gasteiger partial charge in [-0.15, -0.1) is 0 Å². The van der Waals surface area contributed by atoms with Crippen LogP contribution in [0.15, 0.2) is 122 Å². The number of esters is 4. The highest BCUT2D eigenvalue weighted by Crippen LogP contribution is 2.45. The first kappa shape index (κ1) is 97.5. The number of aliphatic hydroxyl groups excluding tert-OH is 1. The number of phosphoric ester groups is 2. The normalized spacial score (nSPS) is 14.5. The summed E-state index contributed by atoms with van der Waals surface area (Å²) in [7, 11) is -9.97. The quantitative estimate of drug-likeness (QED) is 0.0169. The summed E-state index contributed by atoms with van der Waals surface area (Å²) in [6.07, 6.45) is 81.8. The fraction of sp³-hybridized carbons (Fsp3) is 0.711. The van der Waals surface area contributed by atoms with E-state index in [9.17, 15) is 43.2 Å². The maximum absolute atomic E-state index is 13.1. The van der Waals surface area contributed by atoms with Gasteiger partial charge in [0.15, 0.2) is 12.2 Å². The highest BCUT2D eigenvalue weighted by atomic mass is 31.2. The van der Waals surface area contributed by atoms with Gasteiger partial charge in [0.2, 0.25) is 0 Å². The zero-order valence-electron chi connectivity index (χ0n) is 64.0. The summed E-state index contributed by atoms with van der Waals surface area (Å²) >= 11 is 0. The minimum absolute atomic E-state index is 0.0754. The first-order valence-corrected chi connectivity index (χ1v) is 42.8. The summed E-state index contributed by atoms with van der Waals surface area (Å²) < 4.78 is 68.5. The molecule has 0 aromatic carbocycles. The van der Waals surface area contributed by atoms with Gasteiger partial charge in [-0.05, 0) is 135 Å². The summed E-state index contributed by atoms with van der Waals surface area (Å²) in [6, 6.07) is 0. The number of ether oxygens (including phenoxy) is 4. The molecule has 19 heteroatoms. The molecule has 0 rings (SSSR count). The smallest absolute Gasteiger partial charge is 0.462 e. The van der Waals surface area contributed by atoms with Crippen LogP contribution in [0.2, 0.25) is 0 Å². The fourth-order valence-electron chi connectivity index (χ4n) is 10.4. The van der Waals surface area contributed by atoms with Gasteiger partial charge in [-0.3, -0.25) is 37.3 Å². The van der Waals surface area contributed by atoms with Gasteiger partial charge in [0.25, 0.3) is 0 Å². The third kappa shape index (κ3) is 73.8. The average Bonchev–Trinajstić information content (AvgIpc) is 0.909. The number of unbranched alkanes of at least 4 members (excludes halogenated alkanes) is 28. The average molecular weight is 1470 g/mol. The Kier molecular flexibility index (Phi) is 71.4. The molecule has 0 fully saturated rings. The molecule has 0 amide bonds. The number of phosphoric acid groups is 2. The first-order valence-electron chi connectivity index (χ1n) is 39.8. The molecule has 3 N–H and O–H groups in total. The van der Waals surface area contributed by atoms with E-state index in [2.05, 4.69) is 149 Å². The summed E-state index contributed by atoms with van der Waals surface area (Å²) in [4.78, 5) is 73.0. The van der Waals surface area contributed by atoms with Gasteiger partial charge >= 0.3 is 39.5 Å². The van der Waals surface area contributed by atoms with Crippen LogP contribution < -0.4 is 0 Å². The maximum atomic E-state index is 13.1. The highest BCUT2D eigenvalue weighted by molar-refractivity contribution is 7.47. The molecule has 5 unspecified atom stereocenters. The van der Waals surface area contributed by atoms with Crippen molar-refractivity contribution in [3.05, 3.63) is 122 Å². The molecular formula is C83H142O17P2. The van der Waals surface area contributed by atoms with E-state index in [-0.39, 0.29) is 25.7 Å². The van der Waals surface area contributed by atoms with Crippen LogP contribution in [0, 0.1) is 0 Å². The van der Waals surface area contributed by atoms with Crippen LogP contribution in [0.5, 0.6) is 0 Å². The SMILES string of the molecule is CC/C=C\C/C=C\C/C=C\C/C=C\C/C=C\CCCCCC(=O)OCC(COP(=O)(O)OCC(O)COP(=O)(O)OCC(COC(=O)CCCCCC/C=C\C/C=C\C/C=C\C/C=C\CC)OC(=O)CCCCCCCCCCCCCCC)OC(=O)CCCCCCC/C=C\CCCCCC. The second kappa shape index (κ2) is 74.7. The molecule has 0 radical (unpaired) electrons. The van der Waals surface area contributed by atoms with Gasteiger partial charge in [-0.2, -0.15) is 0 Å². The third-order valence-corrected chi connectivity index (χ3v) is 18.3. The molecule has 0 saturated heterocycles. The predicted molar refractivity (Wildman–Crippen MR) is 418 cm³/mol. The number of hydrogen-bond donors (Lipinski definition) is 3. The van der Waals surface area contributed by atoms with E-state index < -0.39 is 97.5 Å². The van der Waals surface area contributed by atoms with Crippen LogP contribution in [0.1, 0.15) is 323 Å². The lowest BCUT2D eigenvalue weighted by Crippen LogP contribution is -2.30. The highest BCUT2D eigenvalue weighted by Gasteiger charge is 2.30. The zero-order chi connectivity index (χ0) is 74.6. The van der Waals surface area contributed by atoms with Gasteiger partial charge < -0.3 is 33.8 Å². The van der Waals surface area contributed by atoms with Crippen molar-refractivity contribution >= 4 is 39.5 Å². The molecule has 0 aliphatic heterocycles. The molecule has 5 atom stereocenters. The van der Waals surface area contributed by atoms with Gasteiger partial charge in [-0.25, -0.2) is 9.13 Å². The Hall–Kier alpha value is -4.54. The Bertz CT molecular complexity index is 2410. The maximum Gasteiger partial charge on any atom is 0.472 e. The Morgan fingerprint density at radius 2 is 0.510 bits per heavy atom. The van der Waals surface area contributed by atoms with Crippen molar-refractivity contribution in [2.75, 3.05) is 39.6 Å². The molecule has 17 nitrogen and oxygen atoms in total. The number of aliphatic hydroxyl groups is 1. The van der Waals surface area contributed by atoms with Gasteiger partial charge in [-0.1, -0.05) is 284 Å². The van der Waals surface area contributed by atoms with E-state index in [1.165, 1.54) is 77.0 Å². The van der Waals surface area contributed by atoms with Gasteiger partial charge in [0.1, 0.15) is 19.3 Å². The Morgan fingerprint density at radius 3 is 0.814 bits per heavy atom. The Morgan fingerprint density at radius 1 is 0.284 bits per heavy atom. The van der Waals surface area contributed by atoms with Crippen molar-refractivity contribution in [3.63, 3.8) is 0 Å². The zero-order valence-corrected chi connectivity index (χ0v) is 65.8. The molecule has 0 aromatic heterocycles. The van der Waals surface area contributed by atoms with Crippen molar-refractivity contribution in [3.8, 4) is 0 Å². The van der Waals surface area contributed by atoms with Crippen LogP contribution in [0.4, 0.5) is 0 Å². The van der Waals surface area contributed by atoms with Crippen LogP contribution >= 0.6 is 15.6 Å². The third-order valence-electron chi connectivity index (χ3n) is 16.4. The Balaban J connectivity index is 5.38. The molecule has 0 aliphatic rings. The van der Waals surface area contributed by atoms with Crippen LogP contribution in [-0.2, 0) is 65.4 Å². The molecule has 0 spiro atoms. The Labute approximate surface area is 619 Å². The lowest BCUT2D eigenvalue weighted by molar-refractivity contribution is -0.161. The minimum atomic E-state index is -4.99. The monoisotopic (exact) mass is 1470 g/mol. The van der Waals surface area contributed by atoms with Crippen molar-refractivity contribution in [2.45, 2.75) is 341 Å². The first-order chi connectivity index (χ1) is 49.7. The van der Waals surface area contributed by atoms with Crippen LogP contribution in [0.3, 0.4) is 0 Å². The molecule has 0 bridgehead atoms. The fourth-order valence-corrected chi connectivity index (χ4v) is 12.0. The molecule has 102 heavy (non-hydrogen) atoms. The number of carbonyl (C=O) groups excluding carboxylic acids is 4. The lowest BCUT2D eigenvalue weighted by Gasteiger charge is -2.21. The van der Waals surface area contributed by atoms with Crippen molar-refractivity contribution in [1.82, 2.24) is 0 Å². The summed E-state index contributed by atoms with van der Waals surface area (Å²) in [6.45, 7) is 4.58. The number of rotatable bonds is 74. The molecule has 0 aromatic rings. The van der Waals surface area contributed by atoms with Gasteiger partial charge in [0, 0.05) is 25.7 Å². The molecule has 0 saturated carbocycles. The van der Waals surface area contributed by atoms with E-state index in [1.807, 2.05) is 0 Å². The molecule has 0 heterocycles. The van der Waals surface area contributed by atoms with E-state index in [0.29, 0.717) is 25.7 Å². The molecule has 0 aliphatic carbocycles.